The van der Waals surface area contributed by atoms with E-state index in [-0.39, 0.29) is 0 Å². The average Bonchev–Trinajstić information content (AvgIpc) is 2.78. The lowest BCUT2D eigenvalue weighted by atomic mass is 10.2. The van der Waals surface area contributed by atoms with Crippen molar-refractivity contribution in [3.8, 4) is 0 Å². The molecule has 0 aromatic carbocycles. The highest BCUT2D eigenvalue weighted by Crippen LogP contribution is 2.31. The van der Waals surface area contributed by atoms with Crippen molar-refractivity contribution in [3.63, 3.8) is 0 Å². The Morgan fingerprint density at radius 3 is 1.65 bits per heavy atom. The lowest BCUT2D eigenvalue weighted by molar-refractivity contribution is -0.115. The molecule has 2 nitrogen and oxygen atoms in total. The number of allylic oxidation sites excluding steroid dienone is 4. The summed E-state index contributed by atoms with van der Waals surface area (Å²) in [6, 6.07) is 1.88. The van der Waals surface area contributed by atoms with Gasteiger partial charge in [0.25, 0.3) is 0 Å². The number of hydrogen-bond acceptors (Lipinski definition) is 2. The zero-order chi connectivity index (χ0) is 12.5. The van der Waals surface area contributed by atoms with Crippen molar-refractivity contribution in [2.45, 2.75) is 50.9 Å². The Morgan fingerprint density at radius 1 is 0.941 bits per heavy atom. The molecule has 0 saturated heterocycles. The summed E-state index contributed by atoms with van der Waals surface area (Å²) in [6.45, 7) is 4.57. The van der Waals surface area contributed by atoms with Gasteiger partial charge in [0.1, 0.15) is 0 Å². The predicted molar refractivity (Wildman–Crippen MR) is 71.7 cm³/mol. The van der Waals surface area contributed by atoms with Gasteiger partial charge in [0.15, 0.2) is 11.6 Å². The van der Waals surface area contributed by atoms with Crippen LogP contribution in [-0.2, 0) is 9.59 Å². The predicted octanol–water partition coefficient (Wildman–Crippen LogP) is 3.27. The molecule has 0 N–H and O–H groups in total. The molecule has 3 heteroatoms. The molecule has 0 unspecified atom stereocenters. The van der Waals surface area contributed by atoms with Crippen LogP contribution in [0, 0.1) is 0 Å². The molecule has 0 spiro atoms. The molecule has 0 amide bonds. The lowest BCUT2D eigenvalue weighted by Crippen LogP contribution is -2.28. The number of ketones is 2. The minimum absolute atomic E-state index is 0.331. The molecule has 2 aliphatic rings. The van der Waals surface area contributed by atoms with E-state index in [0.29, 0.717) is 24.4 Å². The van der Waals surface area contributed by atoms with Crippen LogP contribution in [0.4, 0.5) is 0 Å². The van der Waals surface area contributed by atoms with Gasteiger partial charge in [-0.2, -0.15) is 0 Å². The van der Waals surface area contributed by atoms with Crippen molar-refractivity contribution in [2.75, 3.05) is 0 Å². The maximum atomic E-state index is 11.6. The minimum atomic E-state index is -1.50. The van der Waals surface area contributed by atoms with Gasteiger partial charge in [-0.1, -0.05) is 25.2 Å². The summed E-state index contributed by atoms with van der Waals surface area (Å²) in [5.41, 5.74) is 2.07. The Balaban J connectivity index is 1.99. The number of Topliss-reactive ketones (excluding diaryl/α,β-unsaturated/α-hetero) is 2. The van der Waals surface area contributed by atoms with Gasteiger partial charge in [0.05, 0.1) is 8.07 Å². The van der Waals surface area contributed by atoms with E-state index in [0.717, 1.165) is 36.1 Å². The summed E-state index contributed by atoms with van der Waals surface area (Å²) >= 11 is 0. The Labute approximate surface area is 104 Å². The summed E-state index contributed by atoms with van der Waals surface area (Å²) < 4.78 is 0. The van der Waals surface area contributed by atoms with Crippen molar-refractivity contribution in [1.29, 1.82) is 0 Å². The van der Waals surface area contributed by atoms with Gasteiger partial charge in [-0.15, -0.1) is 0 Å². The first kappa shape index (κ1) is 12.5. The van der Waals surface area contributed by atoms with E-state index in [1.54, 1.807) is 0 Å². The molecule has 0 bridgehead atoms. The van der Waals surface area contributed by atoms with Crippen LogP contribution in [0.25, 0.3) is 0 Å². The largest absolute Gasteiger partial charge is 0.295 e. The highest BCUT2D eigenvalue weighted by atomic mass is 28.3. The number of carbonyl (C=O) groups is 2. The van der Waals surface area contributed by atoms with Gasteiger partial charge in [0, 0.05) is 12.8 Å². The fraction of sp³-hybridized carbons (Fsp3) is 0.571. The van der Waals surface area contributed by atoms with E-state index in [4.69, 9.17) is 0 Å². The van der Waals surface area contributed by atoms with E-state index in [9.17, 15) is 9.59 Å². The second-order valence-electron chi connectivity index (χ2n) is 5.90. The van der Waals surface area contributed by atoms with Gasteiger partial charge in [-0.05, 0) is 36.1 Å². The third-order valence-corrected chi connectivity index (χ3v) is 6.25. The van der Waals surface area contributed by atoms with Crippen molar-refractivity contribution in [2.24, 2.45) is 0 Å². The van der Waals surface area contributed by atoms with Gasteiger partial charge in [0.2, 0.25) is 0 Å². The Hall–Kier alpha value is -0.963. The maximum absolute atomic E-state index is 11.6. The normalized spacial score (nSPS) is 20.8. The number of carbonyl (C=O) groups excluding carboxylic acids is 2. The lowest BCUT2D eigenvalue weighted by Gasteiger charge is -2.23. The molecule has 0 fully saturated rings. The fourth-order valence-electron chi connectivity index (χ4n) is 2.74. The van der Waals surface area contributed by atoms with Crippen LogP contribution in [0.15, 0.2) is 23.3 Å². The molecule has 92 valence electrons. The van der Waals surface area contributed by atoms with Gasteiger partial charge in [-0.3, -0.25) is 9.59 Å². The first-order valence-corrected chi connectivity index (χ1v) is 9.84. The van der Waals surface area contributed by atoms with Crippen LogP contribution in [0.2, 0.25) is 25.2 Å². The molecule has 0 aromatic rings. The monoisotopic (exact) mass is 248 g/mol. The average molecular weight is 248 g/mol. The fourth-order valence-corrected chi connectivity index (χ4v) is 5.61. The van der Waals surface area contributed by atoms with Gasteiger partial charge in [-0.25, -0.2) is 0 Å². The maximum Gasteiger partial charge on any atom is 0.158 e. The van der Waals surface area contributed by atoms with Crippen molar-refractivity contribution in [1.82, 2.24) is 0 Å². The van der Waals surface area contributed by atoms with Crippen molar-refractivity contribution >= 4 is 19.6 Å². The molecule has 2 aliphatic carbocycles. The molecular formula is C14H20O2Si. The summed E-state index contributed by atoms with van der Waals surface area (Å²) in [4.78, 5) is 23.3. The highest BCUT2D eigenvalue weighted by molar-refractivity contribution is 6.79. The third-order valence-electron chi connectivity index (χ3n) is 3.58. The molecule has 0 saturated carbocycles. The number of rotatable bonds is 4. The second kappa shape index (κ2) is 4.73. The standard InChI is InChI=1S/C14H20O2Si/c1-17(2,9-11-5-3-7-13(11)15)10-12-6-4-8-14(12)16/h5-6H,3-4,7-10H2,1-2H3. The van der Waals surface area contributed by atoms with Gasteiger partial charge < -0.3 is 0 Å². The minimum Gasteiger partial charge on any atom is -0.295 e. The summed E-state index contributed by atoms with van der Waals surface area (Å²) in [7, 11) is -1.50. The van der Waals surface area contributed by atoms with Crippen LogP contribution in [0.5, 0.6) is 0 Å². The first-order valence-electron chi connectivity index (χ1n) is 6.42. The van der Waals surface area contributed by atoms with Crippen LogP contribution in [-0.4, -0.2) is 19.6 Å². The molecule has 2 rings (SSSR count). The Kier molecular flexibility index (Phi) is 3.47. The van der Waals surface area contributed by atoms with Crippen molar-refractivity contribution in [3.05, 3.63) is 23.3 Å². The van der Waals surface area contributed by atoms with Crippen LogP contribution >= 0.6 is 0 Å². The van der Waals surface area contributed by atoms with Crippen LogP contribution in [0.3, 0.4) is 0 Å². The Morgan fingerprint density at radius 2 is 1.35 bits per heavy atom. The van der Waals surface area contributed by atoms with Crippen LogP contribution < -0.4 is 0 Å². The molecule has 0 aliphatic heterocycles. The van der Waals surface area contributed by atoms with E-state index < -0.39 is 8.07 Å². The molecule has 17 heavy (non-hydrogen) atoms. The molecular weight excluding hydrogens is 228 g/mol. The van der Waals surface area contributed by atoms with E-state index in [1.807, 2.05) is 0 Å². The van der Waals surface area contributed by atoms with E-state index >= 15 is 0 Å². The smallest absolute Gasteiger partial charge is 0.158 e. The first-order chi connectivity index (χ1) is 7.98. The summed E-state index contributed by atoms with van der Waals surface area (Å²) in [5, 5.41) is 0. The zero-order valence-electron chi connectivity index (χ0n) is 10.7. The second-order valence-corrected chi connectivity index (χ2v) is 10.9. The molecule has 0 atom stereocenters. The molecule has 0 radical (unpaired) electrons. The Bertz CT molecular complexity index is 378. The van der Waals surface area contributed by atoms with Gasteiger partial charge >= 0.3 is 0 Å². The SMILES string of the molecule is C[Si](C)(CC1=CCCC1=O)CC1=CCCC1=O. The summed E-state index contributed by atoms with van der Waals surface area (Å²) in [5.74, 6) is 0.662. The highest BCUT2D eigenvalue weighted by Gasteiger charge is 2.30. The number of hydrogen-bond donors (Lipinski definition) is 0. The molecule has 0 aromatic heterocycles. The van der Waals surface area contributed by atoms with Crippen molar-refractivity contribution < 1.29 is 9.59 Å². The summed E-state index contributed by atoms with van der Waals surface area (Å²) in [6.07, 6.45) is 7.42. The van der Waals surface area contributed by atoms with Crippen LogP contribution in [0.1, 0.15) is 25.7 Å². The zero-order valence-corrected chi connectivity index (χ0v) is 11.7. The topological polar surface area (TPSA) is 34.1 Å². The van der Waals surface area contributed by atoms with E-state index in [2.05, 4.69) is 25.2 Å². The third kappa shape index (κ3) is 3.03. The quantitative estimate of drug-likeness (QED) is 0.716. The molecule has 0 heterocycles. The van der Waals surface area contributed by atoms with E-state index in [1.165, 1.54) is 0 Å².